The van der Waals surface area contributed by atoms with E-state index in [1.807, 2.05) is 12.4 Å². The first kappa shape index (κ1) is 53.8. The molecule has 8 nitrogen and oxygen atoms in total. The van der Waals surface area contributed by atoms with Gasteiger partial charge in [0.1, 0.15) is 0 Å². The Balaban J connectivity index is 1.34. The van der Waals surface area contributed by atoms with Crippen molar-refractivity contribution < 1.29 is 0 Å². The van der Waals surface area contributed by atoms with Gasteiger partial charge in [-0.3, -0.25) is 39.5 Å². The molecule has 8 heteroatoms. The topological polar surface area (TPSA) is 64.5 Å². The number of hydrogen-bond donors (Lipinski definition) is 0. The second-order valence-corrected chi connectivity index (χ2v) is 27.7. The van der Waals surface area contributed by atoms with Crippen molar-refractivity contribution in [3.05, 3.63) is 204 Å². The van der Waals surface area contributed by atoms with E-state index in [9.17, 15) is 0 Å². The maximum Gasteiger partial charge on any atom is 0.166 e. The molecule has 0 atom stereocenters. The predicted octanol–water partition coefficient (Wildman–Crippen LogP) is 18.8. The molecular weight excluding hydrogens is 953 g/mol. The number of pyridine rings is 4. The van der Waals surface area contributed by atoms with Crippen molar-refractivity contribution in [3.8, 4) is 22.3 Å². The molecule has 2 aliphatic heterocycles. The van der Waals surface area contributed by atoms with Gasteiger partial charge in [-0.2, -0.15) is 0 Å². The Bertz CT molecular complexity index is 3270. The van der Waals surface area contributed by atoms with Crippen molar-refractivity contribution in [2.24, 2.45) is 0 Å². The molecule has 0 amide bonds. The van der Waals surface area contributed by atoms with Gasteiger partial charge in [0.25, 0.3) is 0 Å². The second kappa shape index (κ2) is 19.1. The summed E-state index contributed by atoms with van der Waals surface area (Å²) in [4.78, 5) is 30.6. The summed E-state index contributed by atoms with van der Waals surface area (Å²) in [7, 11) is 0. The molecule has 400 valence electrons. The van der Waals surface area contributed by atoms with E-state index < -0.39 is 0 Å². The number of rotatable bonds is 6. The summed E-state index contributed by atoms with van der Waals surface area (Å²) in [6.45, 7) is 40.2. The molecular formula is C70H80N8. The zero-order valence-corrected chi connectivity index (χ0v) is 49.6. The minimum Gasteiger partial charge on any atom is -0.289 e. The molecule has 0 unspecified atom stereocenters. The van der Waals surface area contributed by atoms with Crippen molar-refractivity contribution in [1.82, 2.24) is 19.9 Å². The number of fused-ring (bicyclic) bond motifs is 2. The van der Waals surface area contributed by atoms with Gasteiger partial charge in [0.2, 0.25) is 0 Å². The van der Waals surface area contributed by atoms with Crippen LogP contribution in [0.25, 0.3) is 22.3 Å². The fraction of sp³-hybridized carbons (Fsp3) is 0.343. The zero-order chi connectivity index (χ0) is 56.1. The highest BCUT2D eigenvalue weighted by molar-refractivity contribution is 6.01. The molecule has 78 heavy (non-hydrogen) atoms. The van der Waals surface area contributed by atoms with E-state index in [0.29, 0.717) is 0 Å². The summed E-state index contributed by atoms with van der Waals surface area (Å²) in [6.07, 6.45) is 8.19. The van der Waals surface area contributed by atoms with E-state index in [1.165, 1.54) is 11.1 Å². The van der Waals surface area contributed by atoms with Gasteiger partial charge in [-0.15, -0.1) is 0 Å². The first-order valence-electron chi connectivity index (χ1n) is 27.8. The second-order valence-electron chi connectivity index (χ2n) is 27.7. The van der Waals surface area contributed by atoms with Crippen LogP contribution in [0.3, 0.4) is 0 Å². The Morgan fingerprint density at radius 2 is 0.487 bits per heavy atom. The summed E-state index contributed by atoms with van der Waals surface area (Å²) < 4.78 is 0. The summed E-state index contributed by atoms with van der Waals surface area (Å²) in [6, 6.07) is 49.7. The Kier molecular flexibility index (Phi) is 13.2. The van der Waals surface area contributed by atoms with Crippen molar-refractivity contribution in [3.63, 3.8) is 0 Å². The zero-order valence-electron chi connectivity index (χ0n) is 49.6. The van der Waals surface area contributed by atoms with Gasteiger partial charge in [-0.1, -0.05) is 185 Å². The molecule has 4 aromatic carbocycles. The lowest BCUT2D eigenvalue weighted by atomic mass is 9.86. The van der Waals surface area contributed by atoms with Crippen LogP contribution in [0.15, 0.2) is 170 Å². The largest absolute Gasteiger partial charge is 0.289 e. The molecule has 8 aromatic rings. The molecule has 0 fully saturated rings. The van der Waals surface area contributed by atoms with Crippen LogP contribution < -0.4 is 19.6 Å². The van der Waals surface area contributed by atoms with Crippen LogP contribution in [0.2, 0.25) is 0 Å². The smallest absolute Gasteiger partial charge is 0.166 e. The number of anilines is 8. The summed E-state index contributed by atoms with van der Waals surface area (Å²) in [5.41, 5.74) is 18.3. The molecule has 0 radical (unpaired) electrons. The third-order valence-corrected chi connectivity index (χ3v) is 15.2. The average Bonchev–Trinajstić information content (AvgIpc) is 4.08. The minimum atomic E-state index is -0.161. The lowest BCUT2D eigenvalue weighted by molar-refractivity contribution is 0.568. The van der Waals surface area contributed by atoms with Crippen LogP contribution in [0.1, 0.15) is 159 Å². The first-order valence-corrected chi connectivity index (χ1v) is 27.8. The highest BCUT2D eigenvalue weighted by Crippen LogP contribution is 2.58. The third kappa shape index (κ3) is 10.2. The average molecular weight is 1030 g/mol. The van der Waals surface area contributed by atoms with Crippen molar-refractivity contribution in [1.29, 1.82) is 0 Å². The Labute approximate surface area is 466 Å². The molecule has 0 N–H and O–H groups in total. The first-order chi connectivity index (χ1) is 36.5. The van der Waals surface area contributed by atoms with E-state index >= 15 is 0 Å². The lowest BCUT2D eigenvalue weighted by Crippen LogP contribution is -2.34. The molecule has 10 rings (SSSR count). The van der Waals surface area contributed by atoms with Gasteiger partial charge in [-0.25, -0.2) is 0 Å². The van der Waals surface area contributed by atoms with Gasteiger partial charge >= 0.3 is 0 Å². The molecule has 4 aromatic heterocycles. The molecule has 2 aliphatic rings. The monoisotopic (exact) mass is 1030 g/mol. The lowest BCUT2D eigenvalue weighted by Gasteiger charge is -2.34. The van der Waals surface area contributed by atoms with Crippen LogP contribution >= 0.6 is 0 Å². The molecule has 0 saturated heterocycles. The van der Waals surface area contributed by atoms with Crippen LogP contribution in [0.4, 0.5) is 45.5 Å². The maximum atomic E-state index is 5.26. The number of aromatic nitrogens is 4. The maximum absolute atomic E-state index is 5.26. The molecule has 0 saturated carbocycles. The highest BCUT2D eigenvalue weighted by atomic mass is 15.5. The van der Waals surface area contributed by atoms with Crippen LogP contribution in [0, 0.1) is 0 Å². The van der Waals surface area contributed by atoms with Crippen molar-refractivity contribution in [2.45, 2.75) is 157 Å². The fourth-order valence-corrected chi connectivity index (χ4v) is 10.4. The van der Waals surface area contributed by atoms with E-state index in [0.717, 1.165) is 102 Å². The predicted molar refractivity (Wildman–Crippen MR) is 328 cm³/mol. The molecule has 6 heterocycles. The van der Waals surface area contributed by atoms with E-state index in [-0.39, 0.29) is 32.5 Å². The van der Waals surface area contributed by atoms with Gasteiger partial charge in [0.05, 0.1) is 70.3 Å². The third-order valence-electron chi connectivity index (χ3n) is 15.2. The van der Waals surface area contributed by atoms with E-state index in [1.54, 1.807) is 0 Å². The number of hydrogen-bond acceptors (Lipinski definition) is 8. The van der Waals surface area contributed by atoms with Gasteiger partial charge in [0.15, 0.2) is 11.6 Å². The highest BCUT2D eigenvalue weighted by Gasteiger charge is 2.45. The normalized spacial score (nSPS) is 15.3. The van der Waals surface area contributed by atoms with E-state index in [2.05, 4.69) is 290 Å². The SMILES string of the molecule is CC(C)(C)c1ccc(-c2ccc3c(c2)N(c2ccc(C(C)(C)C)nc2)/C(=C2\N(c4ccc(C(C)(C)C)nc4)c4ccc(-c5ccc(C(C)(C)C)cc5)cc4N2c2ccc(C(C)(C)C)nc2)N3c2ccc(C(C)(C)C)nc2)cc1. The van der Waals surface area contributed by atoms with Gasteiger partial charge in [-0.05, 0) is 117 Å². The van der Waals surface area contributed by atoms with E-state index in [4.69, 9.17) is 19.9 Å². The van der Waals surface area contributed by atoms with Crippen molar-refractivity contribution >= 4 is 45.5 Å². The minimum absolute atomic E-state index is 0.0249. The number of benzene rings is 4. The summed E-state index contributed by atoms with van der Waals surface area (Å²) in [5, 5.41) is 0. The van der Waals surface area contributed by atoms with Crippen molar-refractivity contribution in [2.75, 3.05) is 19.6 Å². The fourth-order valence-electron chi connectivity index (χ4n) is 10.4. The van der Waals surface area contributed by atoms with Crippen LogP contribution in [-0.4, -0.2) is 19.9 Å². The Hall–Kier alpha value is -7.58. The summed E-state index contributed by atoms with van der Waals surface area (Å²) >= 11 is 0. The Morgan fingerprint density at radius 1 is 0.244 bits per heavy atom. The van der Waals surface area contributed by atoms with Crippen LogP contribution in [-0.2, 0) is 32.5 Å². The standard InChI is InChI=1S/C70H80N8/c1-65(2,3)49-25-19-45(20-26-49)47-23-33-55-57(39-47)77(53-31-37-61(73-43-53)69(13,14)15)63(75(55)51-29-35-59(71-41-51)67(7,8)9)64-76(52-30-36-60(72-42-52)68(10,11)12)56-34-24-48(46-21-27-50(28-22-46)66(4,5)6)40-58(56)78(64)54-32-38-62(74-44-54)70(16,17)18/h19-44H,1-18H3/b64-63+. The molecule has 0 spiro atoms. The molecule has 0 bridgehead atoms. The number of nitrogens with zero attached hydrogens (tertiary/aromatic N) is 8. The van der Waals surface area contributed by atoms with Gasteiger partial charge < -0.3 is 0 Å². The summed E-state index contributed by atoms with van der Waals surface area (Å²) in [5.74, 6) is 1.79. The quantitative estimate of drug-likeness (QED) is 0.163. The Morgan fingerprint density at radius 3 is 0.705 bits per heavy atom. The molecule has 0 aliphatic carbocycles. The van der Waals surface area contributed by atoms with Crippen LogP contribution in [0.5, 0.6) is 0 Å². The van der Waals surface area contributed by atoms with Gasteiger partial charge in [0, 0.05) is 44.4 Å².